The maximum atomic E-state index is 12.0. The number of carbonyl (C=O) groups is 1. The van der Waals surface area contributed by atoms with Crippen LogP contribution in [0.3, 0.4) is 0 Å². The molecule has 1 aliphatic rings. The van der Waals surface area contributed by atoms with Crippen molar-refractivity contribution in [3.63, 3.8) is 0 Å². The normalized spacial score (nSPS) is 19.9. The molecule has 110 valence electrons. The molecule has 6 heteroatoms. The third-order valence-electron chi connectivity index (χ3n) is 3.22. The lowest BCUT2D eigenvalue weighted by atomic mass is 10.1. The van der Waals surface area contributed by atoms with Crippen molar-refractivity contribution in [1.82, 2.24) is 10.2 Å². The van der Waals surface area contributed by atoms with Gasteiger partial charge in [0.1, 0.15) is 6.04 Å². The van der Waals surface area contributed by atoms with Crippen LogP contribution in [0.1, 0.15) is 12.5 Å². The fourth-order valence-corrected chi connectivity index (χ4v) is 2.91. The van der Waals surface area contributed by atoms with Gasteiger partial charge in [-0.25, -0.2) is 0 Å². The first-order valence-corrected chi connectivity index (χ1v) is 7.42. The van der Waals surface area contributed by atoms with E-state index in [4.69, 9.17) is 27.9 Å². The average molecular weight is 317 g/mol. The second-order valence-electron chi connectivity index (χ2n) is 4.72. The van der Waals surface area contributed by atoms with Gasteiger partial charge in [-0.1, -0.05) is 23.2 Å². The lowest BCUT2D eigenvalue weighted by molar-refractivity contribution is -0.150. The lowest BCUT2D eigenvalue weighted by Crippen LogP contribution is -2.54. The molecular formula is C14H18Cl2N2O2. The summed E-state index contributed by atoms with van der Waals surface area (Å²) in [6.45, 7) is 5.08. The molecule has 1 saturated heterocycles. The van der Waals surface area contributed by atoms with Crippen LogP contribution in [0, 0.1) is 0 Å². The predicted octanol–water partition coefficient (Wildman–Crippen LogP) is 2.33. The number of esters is 1. The van der Waals surface area contributed by atoms with E-state index in [0.29, 0.717) is 29.7 Å². The van der Waals surface area contributed by atoms with Crippen LogP contribution in [-0.4, -0.2) is 43.2 Å². The molecule has 0 aromatic heterocycles. The van der Waals surface area contributed by atoms with Gasteiger partial charge < -0.3 is 10.1 Å². The van der Waals surface area contributed by atoms with Crippen molar-refractivity contribution in [3.05, 3.63) is 33.8 Å². The number of benzene rings is 1. The number of rotatable bonds is 4. The summed E-state index contributed by atoms with van der Waals surface area (Å²) in [6, 6.07) is 5.18. The van der Waals surface area contributed by atoms with E-state index in [1.807, 2.05) is 19.1 Å². The zero-order valence-corrected chi connectivity index (χ0v) is 12.9. The lowest BCUT2D eigenvalue weighted by Gasteiger charge is -2.34. The number of hydrogen-bond acceptors (Lipinski definition) is 4. The van der Waals surface area contributed by atoms with Crippen molar-refractivity contribution in [2.45, 2.75) is 19.5 Å². The van der Waals surface area contributed by atoms with Gasteiger partial charge in [0.15, 0.2) is 0 Å². The van der Waals surface area contributed by atoms with Crippen molar-refractivity contribution in [2.24, 2.45) is 0 Å². The van der Waals surface area contributed by atoms with Crippen LogP contribution in [0.25, 0.3) is 0 Å². The van der Waals surface area contributed by atoms with Gasteiger partial charge in [-0.05, 0) is 30.7 Å². The Morgan fingerprint density at radius 3 is 2.75 bits per heavy atom. The van der Waals surface area contributed by atoms with Crippen molar-refractivity contribution < 1.29 is 9.53 Å². The Morgan fingerprint density at radius 1 is 1.40 bits per heavy atom. The van der Waals surface area contributed by atoms with E-state index in [1.54, 1.807) is 6.07 Å². The zero-order valence-electron chi connectivity index (χ0n) is 11.4. The number of piperazine rings is 1. The van der Waals surface area contributed by atoms with Crippen LogP contribution < -0.4 is 5.32 Å². The zero-order chi connectivity index (χ0) is 14.5. The summed E-state index contributed by atoms with van der Waals surface area (Å²) in [5.41, 5.74) is 0.999. The quantitative estimate of drug-likeness (QED) is 0.866. The molecule has 0 saturated carbocycles. The van der Waals surface area contributed by atoms with Gasteiger partial charge in [0.2, 0.25) is 0 Å². The Labute approximate surface area is 129 Å². The van der Waals surface area contributed by atoms with Crippen LogP contribution in [-0.2, 0) is 16.1 Å². The Kier molecular flexibility index (Phi) is 5.66. The maximum Gasteiger partial charge on any atom is 0.324 e. The molecule has 1 aromatic rings. The molecule has 1 N–H and O–H groups in total. The highest BCUT2D eigenvalue weighted by molar-refractivity contribution is 6.34. The summed E-state index contributed by atoms with van der Waals surface area (Å²) in [4.78, 5) is 14.1. The van der Waals surface area contributed by atoms with E-state index in [2.05, 4.69) is 10.2 Å². The van der Waals surface area contributed by atoms with Crippen LogP contribution in [0.15, 0.2) is 18.2 Å². The first kappa shape index (κ1) is 15.6. The molecule has 1 heterocycles. The molecular weight excluding hydrogens is 299 g/mol. The molecule has 1 atom stereocenters. The van der Waals surface area contributed by atoms with Crippen molar-refractivity contribution in [2.75, 3.05) is 26.2 Å². The summed E-state index contributed by atoms with van der Waals surface area (Å²) in [6.07, 6.45) is 0. The standard InChI is InChI=1S/C14H18Cl2N2O2/c1-2-20-14(19)13-8-17-3-4-18(13)9-10-5-11(15)7-12(16)6-10/h5-7,13,17H,2-4,8-9H2,1H3. The van der Waals surface area contributed by atoms with Gasteiger partial charge in [0.25, 0.3) is 0 Å². The van der Waals surface area contributed by atoms with E-state index in [-0.39, 0.29) is 12.0 Å². The third-order valence-corrected chi connectivity index (χ3v) is 3.66. The Balaban J connectivity index is 2.10. The average Bonchev–Trinajstić information content (AvgIpc) is 2.38. The second kappa shape index (κ2) is 7.27. The second-order valence-corrected chi connectivity index (χ2v) is 5.59. The SMILES string of the molecule is CCOC(=O)C1CNCCN1Cc1cc(Cl)cc(Cl)c1. The summed E-state index contributed by atoms with van der Waals surface area (Å²) in [7, 11) is 0. The van der Waals surface area contributed by atoms with Crippen molar-refractivity contribution >= 4 is 29.2 Å². The van der Waals surface area contributed by atoms with Crippen molar-refractivity contribution in [1.29, 1.82) is 0 Å². The maximum absolute atomic E-state index is 12.0. The number of hydrogen-bond donors (Lipinski definition) is 1. The third kappa shape index (κ3) is 4.09. The summed E-state index contributed by atoms with van der Waals surface area (Å²) < 4.78 is 5.12. The monoisotopic (exact) mass is 316 g/mol. The van der Waals surface area contributed by atoms with Crippen LogP contribution in [0.4, 0.5) is 0 Å². The van der Waals surface area contributed by atoms with Crippen LogP contribution in [0.5, 0.6) is 0 Å². The van der Waals surface area contributed by atoms with Gasteiger partial charge in [0.05, 0.1) is 6.61 Å². The first-order valence-electron chi connectivity index (χ1n) is 6.66. The highest BCUT2D eigenvalue weighted by Gasteiger charge is 2.29. The van der Waals surface area contributed by atoms with E-state index >= 15 is 0 Å². The molecule has 0 spiro atoms. The number of nitrogens with one attached hydrogen (secondary N) is 1. The highest BCUT2D eigenvalue weighted by atomic mass is 35.5. The topological polar surface area (TPSA) is 41.6 Å². The van der Waals surface area contributed by atoms with E-state index in [9.17, 15) is 4.79 Å². The molecule has 0 aliphatic carbocycles. The largest absolute Gasteiger partial charge is 0.465 e. The van der Waals surface area contributed by atoms with Gasteiger partial charge in [-0.2, -0.15) is 0 Å². The minimum atomic E-state index is -0.263. The minimum absolute atomic E-state index is 0.187. The molecule has 0 bridgehead atoms. The molecule has 0 radical (unpaired) electrons. The summed E-state index contributed by atoms with van der Waals surface area (Å²) >= 11 is 12.0. The van der Waals surface area contributed by atoms with Crippen LogP contribution >= 0.6 is 23.2 Å². The fourth-order valence-electron chi connectivity index (χ4n) is 2.34. The number of halogens is 2. The highest BCUT2D eigenvalue weighted by Crippen LogP contribution is 2.21. The minimum Gasteiger partial charge on any atom is -0.465 e. The summed E-state index contributed by atoms with van der Waals surface area (Å²) in [5, 5.41) is 4.43. The molecule has 0 amide bonds. The molecule has 1 aromatic carbocycles. The van der Waals surface area contributed by atoms with E-state index < -0.39 is 0 Å². The molecule has 2 rings (SSSR count). The van der Waals surface area contributed by atoms with E-state index in [0.717, 1.165) is 18.7 Å². The molecule has 4 nitrogen and oxygen atoms in total. The fraction of sp³-hybridized carbons (Fsp3) is 0.500. The molecule has 1 fully saturated rings. The van der Waals surface area contributed by atoms with Gasteiger partial charge >= 0.3 is 5.97 Å². The number of ether oxygens (including phenoxy) is 1. The van der Waals surface area contributed by atoms with Crippen molar-refractivity contribution in [3.8, 4) is 0 Å². The summed E-state index contributed by atoms with van der Waals surface area (Å²) in [5.74, 6) is -0.187. The van der Waals surface area contributed by atoms with Crippen LogP contribution in [0.2, 0.25) is 10.0 Å². The Hall–Kier alpha value is -0.810. The molecule has 20 heavy (non-hydrogen) atoms. The number of carbonyl (C=O) groups excluding carboxylic acids is 1. The van der Waals surface area contributed by atoms with Gasteiger partial charge in [-0.15, -0.1) is 0 Å². The molecule has 1 aliphatic heterocycles. The van der Waals surface area contributed by atoms with Gasteiger partial charge in [-0.3, -0.25) is 9.69 Å². The number of nitrogens with zero attached hydrogens (tertiary/aromatic N) is 1. The Morgan fingerprint density at radius 2 is 2.10 bits per heavy atom. The Bertz CT molecular complexity index is 462. The molecule has 1 unspecified atom stereocenters. The van der Waals surface area contributed by atoms with Gasteiger partial charge in [0, 0.05) is 36.2 Å². The smallest absolute Gasteiger partial charge is 0.324 e. The van der Waals surface area contributed by atoms with E-state index in [1.165, 1.54) is 0 Å². The predicted molar refractivity (Wildman–Crippen MR) is 80.2 cm³/mol. The first-order chi connectivity index (χ1) is 9.60.